The van der Waals surface area contributed by atoms with Gasteiger partial charge in [-0.3, -0.25) is 10.1 Å². The van der Waals surface area contributed by atoms with Crippen LogP contribution in [0.15, 0.2) is 18.2 Å². The highest BCUT2D eigenvalue weighted by Crippen LogP contribution is 2.28. The van der Waals surface area contributed by atoms with Gasteiger partial charge in [-0.25, -0.2) is 9.18 Å². The highest BCUT2D eigenvalue weighted by molar-refractivity contribution is 6.06. The zero-order chi connectivity index (χ0) is 14.9. The van der Waals surface area contributed by atoms with Gasteiger partial charge in [-0.15, -0.1) is 0 Å². The Morgan fingerprint density at radius 2 is 2.15 bits per heavy atom. The van der Waals surface area contributed by atoms with Crippen LogP contribution in [-0.4, -0.2) is 22.4 Å². The van der Waals surface area contributed by atoms with Crippen molar-refractivity contribution in [2.75, 3.05) is 0 Å². The van der Waals surface area contributed by atoms with E-state index >= 15 is 0 Å². The van der Waals surface area contributed by atoms with Gasteiger partial charge in [0, 0.05) is 5.56 Å². The van der Waals surface area contributed by atoms with E-state index in [1.165, 1.54) is 17.0 Å². The third-order valence-electron chi connectivity index (χ3n) is 3.77. The maximum absolute atomic E-state index is 14.0. The van der Waals surface area contributed by atoms with Gasteiger partial charge in [0.15, 0.2) is 0 Å². The number of carbonyl (C=O) groups excluding carboxylic acids is 2. The number of benzene rings is 1. The van der Waals surface area contributed by atoms with E-state index in [9.17, 15) is 14.0 Å². The number of amides is 3. The minimum Gasteiger partial charge on any atom is -0.306 e. The van der Waals surface area contributed by atoms with Crippen molar-refractivity contribution in [3.8, 4) is 6.07 Å². The molecule has 20 heavy (non-hydrogen) atoms. The molecule has 0 aromatic heterocycles. The van der Waals surface area contributed by atoms with E-state index in [0.717, 1.165) is 0 Å². The molecule has 104 valence electrons. The molecule has 5 nitrogen and oxygen atoms in total. The monoisotopic (exact) mass is 275 g/mol. The second-order valence-electron chi connectivity index (χ2n) is 4.86. The van der Waals surface area contributed by atoms with E-state index in [-0.39, 0.29) is 23.6 Å². The molecule has 6 heteroatoms. The number of hydrogen-bond acceptors (Lipinski definition) is 3. The molecule has 0 bridgehead atoms. The van der Waals surface area contributed by atoms with Gasteiger partial charge < -0.3 is 4.90 Å². The van der Waals surface area contributed by atoms with Crippen molar-refractivity contribution >= 4 is 11.9 Å². The molecule has 1 unspecified atom stereocenters. The summed E-state index contributed by atoms with van der Waals surface area (Å²) in [6.45, 7) is 3.37. The molecule has 0 spiro atoms. The minimum atomic E-state index is -0.994. The Morgan fingerprint density at radius 1 is 1.45 bits per heavy atom. The van der Waals surface area contributed by atoms with E-state index in [2.05, 4.69) is 5.32 Å². The predicted molar refractivity (Wildman–Crippen MR) is 68.9 cm³/mol. The Balaban J connectivity index is 2.37. The molecule has 2 rings (SSSR count). The molecule has 1 atom stereocenters. The molecular weight excluding hydrogens is 261 g/mol. The van der Waals surface area contributed by atoms with Crippen LogP contribution < -0.4 is 5.32 Å². The fraction of sp³-hybridized carbons (Fsp3) is 0.357. The summed E-state index contributed by atoms with van der Waals surface area (Å²) in [5.74, 6) is -1.04. The molecule has 1 aromatic carbocycles. The van der Waals surface area contributed by atoms with Crippen molar-refractivity contribution in [1.82, 2.24) is 10.2 Å². The van der Waals surface area contributed by atoms with Gasteiger partial charge in [0.05, 0.1) is 12.1 Å². The van der Waals surface area contributed by atoms with Crippen molar-refractivity contribution in [3.63, 3.8) is 0 Å². The summed E-state index contributed by atoms with van der Waals surface area (Å²) >= 11 is 0. The molecule has 1 N–H and O–H groups in total. The van der Waals surface area contributed by atoms with Crippen molar-refractivity contribution < 1.29 is 14.0 Å². The molecule has 1 aromatic rings. The van der Waals surface area contributed by atoms with Gasteiger partial charge in [0.2, 0.25) is 0 Å². The number of imide groups is 1. The summed E-state index contributed by atoms with van der Waals surface area (Å²) in [6.07, 6.45) is 0.421. The van der Waals surface area contributed by atoms with E-state index in [1.54, 1.807) is 26.0 Å². The summed E-state index contributed by atoms with van der Waals surface area (Å²) in [6, 6.07) is 5.64. The molecule has 1 aliphatic rings. The SMILES string of the molecule is CCC1(C)C(=O)NC(=O)N1Cc1cccc(C#N)c1F. The lowest BCUT2D eigenvalue weighted by atomic mass is 9.96. The topological polar surface area (TPSA) is 73.2 Å². The van der Waals surface area contributed by atoms with Crippen molar-refractivity contribution in [2.45, 2.75) is 32.4 Å². The molecule has 0 saturated carbocycles. The molecule has 1 saturated heterocycles. The maximum atomic E-state index is 14.0. The summed E-state index contributed by atoms with van der Waals surface area (Å²) in [5.41, 5.74) is -0.855. The number of halogens is 1. The quantitative estimate of drug-likeness (QED) is 0.856. The number of carbonyl (C=O) groups is 2. The van der Waals surface area contributed by atoms with Crippen LogP contribution in [0, 0.1) is 17.1 Å². The van der Waals surface area contributed by atoms with Crippen LogP contribution in [0.3, 0.4) is 0 Å². The molecular formula is C14H14FN3O2. The highest BCUT2D eigenvalue weighted by Gasteiger charge is 2.47. The lowest BCUT2D eigenvalue weighted by molar-refractivity contribution is -0.126. The zero-order valence-corrected chi connectivity index (χ0v) is 11.2. The van der Waals surface area contributed by atoms with Crippen LogP contribution in [0.4, 0.5) is 9.18 Å². The summed E-state index contributed by atoms with van der Waals surface area (Å²) in [5, 5.41) is 11.0. The van der Waals surface area contributed by atoms with E-state index in [0.29, 0.717) is 6.42 Å². The number of urea groups is 1. The first-order chi connectivity index (χ1) is 9.43. The van der Waals surface area contributed by atoms with Crippen LogP contribution in [0.1, 0.15) is 31.4 Å². The second-order valence-corrected chi connectivity index (χ2v) is 4.86. The van der Waals surface area contributed by atoms with Crippen molar-refractivity contribution in [2.24, 2.45) is 0 Å². The van der Waals surface area contributed by atoms with E-state index in [1.807, 2.05) is 0 Å². The van der Waals surface area contributed by atoms with Crippen LogP contribution in [0.25, 0.3) is 0 Å². The maximum Gasteiger partial charge on any atom is 0.325 e. The molecule has 1 fully saturated rings. The first kappa shape index (κ1) is 14.0. The third-order valence-corrected chi connectivity index (χ3v) is 3.77. The number of hydrogen-bond donors (Lipinski definition) is 1. The summed E-state index contributed by atoms with van der Waals surface area (Å²) in [4.78, 5) is 25.0. The lowest BCUT2D eigenvalue weighted by Crippen LogP contribution is -2.46. The zero-order valence-electron chi connectivity index (χ0n) is 11.2. The highest BCUT2D eigenvalue weighted by atomic mass is 19.1. The number of nitriles is 1. The average Bonchev–Trinajstić information content (AvgIpc) is 2.65. The Hall–Kier alpha value is -2.42. The van der Waals surface area contributed by atoms with Crippen molar-refractivity contribution in [1.29, 1.82) is 5.26 Å². The number of nitrogens with one attached hydrogen (secondary N) is 1. The fourth-order valence-electron chi connectivity index (χ4n) is 2.20. The van der Waals surface area contributed by atoms with Crippen molar-refractivity contribution in [3.05, 3.63) is 35.1 Å². The average molecular weight is 275 g/mol. The van der Waals surface area contributed by atoms with Crippen LogP contribution >= 0.6 is 0 Å². The molecule has 3 amide bonds. The Labute approximate surface area is 116 Å². The molecule has 1 aliphatic heterocycles. The first-order valence-corrected chi connectivity index (χ1v) is 6.24. The summed E-state index contributed by atoms with van der Waals surface area (Å²) < 4.78 is 14.0. The minimum absolute atomic E-state index is 0.0523. The largest absolute Gasteiger partial charge is 0.325 e. The molecule has 1 heterocycles. The summed E-state index contributed by atoms with van der Waals surface area (Å²) in [7, 11) is 0. The fourth-order valence-corrected chi connectivity index (χ4v) is 2.20. The van der Waals surface area contributed by atoms with Gasteiger partial charge in [-0.05, 0) is 19.4 Å². The normalized spacial score (nSPS) is 21.8. The van der Waals surface area contributed by atoms with E-state index < -0.39 is 17.4 Å². The second kappa shape index (κ2) is 4.93. The predicted octanol–water partition coefficient (Wildman–Crippen LogP) is 1.92. The van der Waals surface area contributed by atoms with Crippen LogP contribution in [-0.2, 0) is 11.3 Å². The van der Waals surface area contributed by atoms with Gasteiger partial charge in [0.25, 0.3) is 5.91 Å². The first-order valence-electron chi connectivity index (χ1n) is 6.24. The lowest BCUT2D eigenvalue weighted by Gasteiger charge is -2.30. The van der Waals surface area contributed by atoms with Crippen LogP contribution in [0.5, 0.6) is 0 Å². The number of rotatable bonds is 3. The Bertz CT molecular complexity index is 623. The van der Waals surface area contributed by atoms with Gasteiger partial charge in [0.1, 0.15) is 17.4 Å². The Morgan fingerprint density at radius 3 is 2.75 bits per heavy atom. The number of nitrogens with zero attached hydrogens (tertiary/aromatic N) is 2. The van der Waals surface area contributed by atoms with Gasteiger partial charge in [-0.2, -0.15) is 5.26 Å². The van der Waals surface area contributed by atoms with Gasteiger partial charge >= 0.3 is 6.03 Å². The van der Waals surface area contributed by atoms with E-state index in [4.69, 9.17) is 5.26 Å². The van der Waals surface area contributed by atoms with Crippen LogP contribution in [0.2, 0.25) is 0 Å². The molecule has 0 radical (unpaired) electrons. The Kier molecular flexibility index (Phi) is 3.45. The third kappa shape index (κ3) is 2.01. The van der Waals surface area contributed by atoms with Gasteiger partial charge in [-0.1, -0.05) is 19.1 Å². The molecule has 0 aliphatic carbocycles. The standard InChI is InChI=1S/C14H14FN3O2/c1-3-14(2)12(19)17-13(20)18(14)8-10-6-4-5-9(7-16)11(10)15/h4-6H,3,8H2,1-2H3,(H,17,19,20). The smallest absolute Gasteiger partial charge is 0.306 e.